The first-order valence-corrected chi connectivity index (χ1v) is 8.27. The number of carboxylic acid groups (broad SMARTS) is 1. The lowest BCUT2D eigenvalue weighted by Gasteiger charge is -2.21. The zero-order chi connectivity index (χ0) is 18.8. The van der Waals surface area contributed by atoms with E-state index in [4.69, 9.17) is 0 Å². The molecule has 0 saturated carbocycles. The monoisotopic (exact) mass is 354 g/mol. The first kappa shape index (κ1) is 17.7. The molecule has 0 spiro atoms. The summed E-state index contributed by atoms with van der Waals surface area (Å²) in [7, 11) is 1.78. The highest BCUT2D eigenvalue weighted by molar-refractivity contribution is 5.93. The van der Waals surface area contributed by atoms with Gasteiger partial charge in [-0.15, -0.1) is 0 Å². The third-order valence-corrected chi connectivity index (χ3v) is 4.39. The standard InChI is InChI=1S/C20H19FN2O3/c1-3-23-12-15(20(25)26)19(24)14-9-16(21)18(10-17(14)23)22(2)11-13-7-5-4-6-8-13/h4-10,12H,3,11H2,1-2H3,(H,25,26). The van der Waals surface area contributed by atoms with Crippen molar-refractivity contribution in [1.29, 1.82) is 0 Å². The van der Waals surface area contributed by atoms with Gasteiger partial charge in [-0.3, -0.25) is 4.79 Å². The summed E-state index contributed by atoms with van der Waals surface area (Å²) in [5.41, 5.74) is 0.867. The van der Waals surface area contributed by atoms with Gasteiger partial charge in [0.1, 0.15) is 11.4 Å². The average molecular weight is 354 g/mol. The predicted octanol–water partition coefficient (Wildman–Crippen LogP) is 3.50. The van der Waals surface area contributed by atoms with Gasteiger partial charge >= 0.3 is 5.97 Å². The molecule has 0 radical (unpaired) electrons. The summed E-state index contributed by atoms with van der Waals surface area (Å²) in [5.74, 6) is -1.87. The lowest BCUT2D eigenvalue weighted by atomic mass is 10.1. The largest absolute Gasteiger partial charge is 0.477 e. The molecule has 2 aromatic carbocycles. The minimum atomic E-state index is -1.32. The van der Waals surface area contributed by atoms with Crippen molar-refractivity contribution >= 4 is 22.6 Å². The normalized spacial score (nSPS) is 10.9. The van der Waals surface area contributed by atoms with Gasteiger partial charge < -0.3 is 14.6 Å². The number of benzene rings is 2. The van der Waals surface area contributed by atoms with Gasteiger partial charge in [0.25, 0.3) is 0 Å². The molecule has 0 atom stereocenters. The van der Waals surface area contributed by atoms with Crippen LogP contribution in [0.2, 0.25) is 0 Å². The Morgan fingerprint density at radius 2 is 1.92 bits per heavy atom. The number of hydrogen-bond acceptors (Lipinski definition) is 3. The number of hydrogen-bond donors (Lipinski definition) is 1. The minimum Gasteiger partial charge on any atom is -0.477 e. The van der Waals surface area contributed by atoms with E-state index in [-0.39, 0.29) is 10.9 Å². The maximum Gasteiger partial charge on any atom is 0.341 e. The van der Waals surface area contributed by atoms with E-state index < -0.39 is 17.2 Å². The Labute approximate surface area is 149 Å². The molecule has 6 heteroatoms. The molecule has 0 fully saturated rings. The zero-order valence-corrected chi connectivity index (χ0v) is 14.6. The molecule has 1 N–H and O–H groups in total. The van der Waals surface area contributed by atoms with Crippen molar-refractivity contribution in [2.75, 3.05) is 11.9 Å². The number of carboxylic acids is 1. The molecule has 1 heterocycles. The third kappa shape index (κ3) is 3.18. The van der Waals surface area contributed by atoms with E-state index in [0.717, 1.165) is 11.6 Å². The summed E-state index contributed by atoms with van der Waals surface area (Å²) in [6.07, 6.45) is 1.31. The molecule has 0 bridgehead atoms. The SMILES string of the molecule is CCn1cc(C(=O)O)c(=O)c2cc(F)c(N(C)Cc3ccccc3)cc21. The van der Waals surface area contributed by atoms with Crippen molar-refractivity contribution in [3.8, 4) is 0 Å². The fourth-order valence-electron chi connectivity index (χ4n) is 3.05. The number of nitrogens with zero attached hydrogens (tertiary/aromatic N) is 2. The molecule has 134 valence electrons. The molecule has 1 aromatic heterocycles. The molecule has 26 heavy (non-hydrogen) atoms. The van der Waals surface area contributed by atoms with Crippen LogP contribution in [0.1, 0.15) is 22.8 Å². The molecule has 3 aromatic rings. The van der Waals surface area contributed by atoms with Crippen molar-refractivity contribution < 1.29 is 14.3 Å². The van der Waals surface area contributed by atoms with Crippen molar-refractivity contribution in [2.24, 2.45) is 0 Å². The van der Waals surface area contributed by atoms with Crippen molar-refractivity contribution in [1.82, 2.24) is 4.57 Å². The maximum atomic E-state index is 14.7. The Balaban J connectivity index is 2.14. The summed E-state index contributed by atoms with van der Waals surface area (Å²) < 4.78 is 16.3. The summed E-state index contributed by atoms with van der Waals surface area (Å²) in [5, 5.41) is 9.28. The number of rotatable bonds is 5. The number of anilines is 1. The molecule has 0 amide bonds. The summed E-state index contributed by atoms with van der Waals surface area (Å²) in [6.45, 7) is 2.81. The van der Waals surface area contributed by atoms with Crippen LogP contribution in [0.15, 0.2) is 53.5 Å². The molecule has 0 saturated heterocycles. The molecule has 0 unspecified atom stereocenters. The zero-order valence-electron chi connectivity index (χ0n) is 14.6. The van der Waals surface area contributed by atoms with Crippen LogP contribution >= 0.6 is 0 Å². The van der Waals surface area contributed by atoms with E-state index in [2.05, 4.69) is 0 Å². The van der Waals surface area contributed by atoms with Crippen LogP contribution in [0.25, 0.3) is 10.9 Å². The van der Waals surface area contributed by atoms with Crippen LogP contribution in [0.3, 0.4) is 0 Å². The number of halogens is 1. The number of aryl methyl sites for hydroxylation is 1. The number of aromatic carboxylic acids is 1. The highest BCUT2D eigenvalue weighted by Crippen LogP contribution is 2.25. The van der Waals surface area contributed by atoms with Crippen LogP contribution in [0, 0.1) is 5.82 Å². The third-order valence-electron chi connectivity index (χ3n) is 4.39. The van der Waals surface area contributed by atoms with Gasteiger partial charge in [0.2, 0.25) is 5.43 Å². The molecule has 3 rings (SSSR count). The molecule has 0 aliphatic carbocycles. The Morgan fingerprint density at radius 3 is 2.54 bits per heavy atom. The smallest absolute Gasteiger partial charge is 0.341 e. The first-order chi connectivity index (χ1) is 12.4. The molecule has 0 aliphatic heterocycles. The highest BCUT2D eigenvalue weighted by Gasteiger charge is 2.18. The number of pyridine rings is 1. The average Bonchev–Trinajstić information content (AvgIpc) is 2.62. The number of carbonyl (C=O) groups is 1. The van der Waals surface area contributed by atoms with Gasteiger partial charge in [-0.1, -0.05) is 30.3 Å². The molecule has 0 aliphatic rings. The van der Waals surface area contributed by atoms with Gasteiger partial charge in [0.05, 0.1) is 11.2 Å². The van der Waals surface area contributed by atoms with Crippen LogP contribution in [0.5, 0.6) is 0 Å². The Morgan fingerprint density at radius 1 is 1.23 bits per heavy atom. The summed E-state index contributed by atoms with van der Waals surface area (Å²) in [6, 6.07) is 12.4. The van der Waals surface area contributed by atoms with Gasteiger partial charge in [-0.05, 0) is 24.6 Å². The second kappa shape index (κ2) is 7.00. The first-order valence-electron chi connectivity index (χ1n) is 8.27. The summed E-state index contributed by atoms with van der Waals surface area (Å²) in [4.78, 5) is 25.4. The molecular formula is C20H19FN2O3. The fraction of sp³-hybridized carbons (Fsp3) is 0.200. The molecular weight excluding hydrogens is 335 g/mol. The second-order valence-corrected chi connectivity index (χ2v) is 6.13. The Hall–Kier alpha value is -3.15. The summed E-state index contributed by atoms with van der Waals surface area (Å²) >= 11 is 0. The topological polar surface area (TPSA) is 62.5 Å². The maximum absolute atomic E-state index is 14.7. The second-order valence-electron chi connectivity index (χ2n) is 6.13. The van der Waals surface area contributed by atoms with Crippen molar-refractivity contribution in [3.63, 3.8) is 0 Å². The Kier molecular flexibility index (Phi) is 4.75. The molecule has 5 nitrogen and oxygen atoms in total. The lowest BCUT2D eigenvalue weighted by molar-refractivity contribution is 0.0695. The van der Waals surface area contributed by atoms with E-state index in [9.17, 15) is 19.1 Å². The number of aromatic nitrogens is 1. The van der Waals surface area contributed by atoms with E-state index >= 15 is 0 Å². The lowest BCUT2D eigenvalue weighted by Crippen LogP contribution is -2.21. The van der Waals surface area contributed by atoms with E-state index in [0.29, 0.717) is 24.3 Å². The van der Waals surface area contributed by atoms with Gasteiger partial charge in [-0.2, -0.15) is 0 Å². The fourth-order valence-corrected chi connectivity index (χ4v) is 3.05. The van der Waals surface area contributed by atoms with Crippen molar-refractivity contribution in [3.05, 3.63) is 75.8 Å². The van der Waals surface area contributed by atoms with E-state index in [1.54, 1.807) is 22.6 Å². The van der Waals surface area contributed by atoms with E-state index in [1.807, 2.05) is 37.3 Å². The van der Waals surface area contributed by atoms with Crippen LogP contribution in [0.4, 0.5) is 10.1 Å². The van der Waals surface area contributed by atoms with E-state index in [1.165, 1.54) is 6.20 Å². The van der Waals surface area contributed by atoms with Crippen LogP contribution in [-0.2, 0) is 13.1 Å². The van der Waals surface area contributed by atoms with Crippen LogP contribution < -0.4 is 10.3 Å². The van der Waals surface area contributed by atoms with Gasteiger partial charge in [0, 0.05) is 31.7 Å². The van der Waals surface area contributed by atoms with Gasteiger partial charge in [0.15, 0.2) is 0 Å². The quantitative estimate of drug-likeness (QED) is 0.762. The minimum absolute atomic E-state index is 0.0705. The van der Waals surface area contributed by atoms with Crippen molar-refractivity contribution in [2.45, 2.75) is 20.0 Å². The predicted molar refractivity (Wildman–Crippen MR) is 99.3 cm³/mol. The highest BCUT2D eigenvalue weighted by atomic mass is 19.1. The van der Waals surface area contributed by atoms with Gasteiger partial charge in [-0.25, -0.2) is 9.18 Å². The number of fused-ring (bicyclic) bond motifs is 1. The van der Waals surface area contributed by atoms with Crippen LogP contribution in [-0.4, -0.2) is 22.7 Å². The Bertz CT molecular complexity index is 1030.